The lowest BCUT2D eigenvalue weighted by molar-refractivity contribution is 0.430. The van der Waals surface area contributed by atoms with Gasteiger partial charge in [-0.2, -0.15) is 4.98 Å². The zero-order chi connectivity index (χ0) is 12.4. The van der Waals surface area contributed by atoms with E-state index < -0.39 is 0 Å². The van der Waals surface area contributed by atoms with Crippen LogP contribution in [0.15, 0.2) is 35.4 Å². The Labute approximate surface area is 101 Å². The van der Waals surface area contributed by atoms with Crippen molar-refractivity contribution in [2.45, 2.75) is 0 Å². The Morgan fingerprint density at radius 1 is 0.889 bits per heavy atom. The summed E-state index contributed by atoms with van der Waals surface area (Å²) in [5.74, 6) is 1.05. The molecule has 0 aliphatic heterocycles. The van der Waals surface area contributed by atoms with Crippen molar-refractivity contribution in [1.29, 1.82) is 0 Å². The molecule has 88 valence electrons. The van der Waals surface area contributed by atoms with E-state index in [9.17, 15) is 0 Å². The van der Waals surface area contributed by atoms with E-state index >= 15 is 0 Å². The van der Waals surface area contributed by atoms with Gasteiger partial charge in [-0.25, -0.2) is 19.9 Å². The first-order chi connectivity index (χ1) is 8.84. The summed E-state index contributed by atoms with van der Waals surface area (Å²) in [5.41, 5.74) is 6.01. The van der Waals surface area contributed by atoms with E-state index in [-0.39, 0.29) is 17.5 Å². The minimum atomic E-state index is 0.183. The number of rotatable bonds is 2. The maximum atomic E-state index is 5.67. The number of nitrogen functional groups attached to an aromatic ring is 1. The average molecular weight is 241 g/mol. The SMILES string of the molecule is Nc1nccnc1-c1nc(-c2ncccn2)no1. The van der Waals surface area contributed by atoms with Crippen molar-refractivity contribution in [1.82, 2.24) is 30.1 Å². The second-order valence-corrected chi connectivity index (χ2v) is 3.29. The Bertz CT molecular complexity index is 667. The molecule has 0 spiro atoms. The highest BCUT2D eigenvalue weighted by atomic mass is 16.5. The monoisotopic (exact) mass is 241 g/mol. The first-order valence-electron chi connectivity index (χ1n) is 5.02. The molecule has 8 nitrogen and oxygen atoms in total. The lowest BCUT2D eigenvalue weighted by Crippen LogP contribution is -1.96. The van der Waals surface area contributed by atoms with Gasteiger partial charge in [0.1, 0.15) is 0 Å². The van der Waals surface area contributed by atoms with Crippen LogP contribution in [0.5, 0.6) is 0 Å². The van der Waals surface area contributed by atoms with Gasteiger partial charge in [0.2, 0.25) is 11.6 Å². The normalized spacial score (nSPS) is 10.4. The molecule has 0 aromatic carbocycles. The van der Waals surface area contributed by atoms with E-state index in [2.05, 4.69) is 30.1 Å². The first-order valence-corrected chi connectivity index (χ1v) is 5.02. The maximum absolute atomic E-state index is 5.67. The van der Waals surface area contributed by atoms with Crippen LogP contribution in [0.3, 0.4) is 0 Å². The second kappa shape index (κ2) is 4.17. The van der Waals surface area contributed by atoms with Crippen LogP contribution in [-0.4, -0.2) is 30.1 Å². The Hall–Kier alpha value is -2.90. The van der Waals surface area contributed by atoms with Gasteiger partial charge in [0, 0.05) is 24.8 Å². The second-order valence-electron chi connectivity index (χ2n) is 3.29. The summed E-state index contributed by atoms with van der Waals surface area (Å²) >= 11 is 0. The molecule has 3 aromatic rings. The predicted molar refractivity (Wildman–Crippen MR) is 60.8 cm³/mol. The average Bonchev–Trinajstić information content (AvgIpc) is 2.90. The fraction of sp³-hybridized carbons (Fsp3) is 0. The first kappa shape index (κ1) is 10.3. The zero-order valence-corrected chi connectivity index (χ0v) is 9.06. The largest absolute Gasteiger partial charge is 0.382 e. The molecule has 3 heterocycles. The van der Waals surface area contributed by atoms with Crippen LogP contribution in [-0.2, 0) is 0 Å². The van der Waals surface area contributed by atoms with Crippen LogP contribution < -0.4 is 5.73 Å². The van der Waals surface area contributed by atoms with Crippen LogP contribution in [0.25, 0.3) is 23.2 Å². The summed E-state index contributed by atoms with van der Waals surface area (Å²) in [5, 5.41) is 3.77. The lowest BCUT2D eigenvalue weighted by Gasteiger charge is -1.95. The van der Waals surface area contributed by atoms with Crippen LogP contribution in [0.4, 0.5) is 5.82 Å². The summed E-state index contributed by atoms with van der Waals surface area (Å²) in [6.45, 7) is 0. The molecule has 0 aliphatic carbocycles. The van der Waals surface area contributed by atoms with Gasteiger partial charge in [-0.3, -0.25) is 0 Å². The molecular weight excluding hydrogens is 234 g/mol. The molecule has 3 aromatic heterocycles. The van der Waals surface area contributed by atoms with Crippen molar-refractivity contribution in [2.24, 2.45) is 0 Å². The van der Waals surface area contributed by atoms with Crippen LogP contribution >= 0.6 is 0 Å². The summed E-state index contributed by atoms with van der Waals surface area (Å²) < 4.78 is 5.06. The molecule has 0 saturated carbocycles. The third-order valence-electron chi connectivity index (χ3n) is 2.12. The topological polar surface area (TPSA) is 116 Å². The molecule has 18 heavy (non-hydrogen) atoms. The molecule has 0 atom stereocenters. The Kier molecular flexibility index (Phi) is 2.38. The van der Waals surface area contributed by atoms with Gasteiger partial charge in [0.25, 0.3) is 5.89 Å². The van der Waals surface area contributed by atoms with Gasteiger partial charge in [0.15, 0.2) is 11.5 Å². The quantitative estimate of drug-likeness (QED) is 0.691. The molecule has 0 saturated heterocycles. The summed E-state index contributed by atoms with van der Waals surface area (Å²) in [6, 6.07) is 1.70. The Balaban J connectivity index is 2.03. The number of hydrogen-bond donors (Lipinski definition) is 1. The van der Waals surface area contributed by atoms with E-state index in [0.29, 0.717) is 11.5 Å². The van der Waals surface area contributed by atoms with Gasteiger partial charge >= 0.3 is 0 Å². The third-order valence-corrected chi connectivity index (χ3v) is 2.12. The Morgan fingerprint density at radius 3 is 2.44 bits per heavy atom. The van der Waals surface area contributed by atoms with E-state index in [0.717, 1.165) is 0 Å². The molecule has 0 unspecified atom stereocenters. The van der Waals surface area contributed by atoms with Crippen molar-refractivity contribution in [3.05, 3.63) is 30.9 Å². The molecule has 8 heteroatoms. The van der Waals surface area contributed by atoms with Crippen molar-refractivity contribution >= 4 is 5.82 Å². The van der Waals surface area contributed by atoms with Gasteiger partial charge in [-0.15, -0.1) is 0 Å². The summed E-state index contributed by atoms with van der Waals surface area (Å²) in [6.07, 6.45) is 6.16. The smallest absolute Gasteiger partial charge is 0.280 e. The molecule has 0 amide bonds. The standard InChI is InChI=1S/C10H7N7O/c11-7-6(12-4-5-13-7)10-16-9(17-18-10)8-14-2-1-3-15-8/h1-5H,(H2,11,13). The van der Waals surface area contributed by atoms with Crippen molar-refractivity contribution in [3.63, 3.8) is 0 Å². The van der Waals surface area contributed by atoms with Crippen molar-refractivity contribution < 1.29 is 4.52 Å². The van der Waals surface area contributed by atoms with Crippen LogP contribution in [0.1, 0.15) is 0 Å². The Morgan fingerprint density at radius 2 is 1.67 bits per heavy atom. The van der Waals surface area contributed by atoms with Gasteiger partial charge in [0.05, 0.1) is 0 Å². The number of anilines is 1. The number of nitrogens with zero attached hydrogens (tertiary/aromatic N) is 6. The van der Waals surface area contributed by atoms with E-state index in [1.54, 1.807) is 18.5 Å². The molecule has 0 aliphatic rings. The van der Waals surface area contributed by atoms with Crippen molar-refractivity contribution in [2.75, 3.05) is 5.73 Å². The molecule has 0 radical (unpaired) electrons. The van der Waals surface area contributed by atoms with E-state index in [1.807, 2.05) is 0 Å². The number of hydrogen-bond acceptors (Lipinski definition) is 8. The van der Waals surface area contributed by atoms with Crippen LogP contribution in [0, 0.1) is 0 Å². The summed E-state index contributed by atoms with van der Waals surface area (Å²) in [7, 11) is 0. The molecular formula is C10H7N7O. The third kappa shape index (κ3) is 1.75. The highest BCUT2D eigenvalue weighted by Crippen LogP contribution is 2.21. The number of aromatic nitrogens is 6. The zero-order valence-electron chi connectivity index (χ0n) is 9.06. The number of nitrogens with two attached hydrogens (primary N) is 1. The predicted octanol–water partition coefficient (Wildman–Crippen LogP) is 0.566. The van der Waals surface area contributed by atoms with E-state index in [4.69, 9.17) is 10.3 Å². The molecule has 0 fully saturated rings. The molecule has 3 rings (SSSR count). The van der Waals surface area contributed by atoms with Gasteiger partial charge < -0.3 is 10.3 Å². The minimum absolute atomic E-state index is 0.183. The fourth-order valence-electron chi connectivity index (χ4n) is 1.34. The maximum Gasteiger partial charge on any atom is 0.280 e. The van der Waals surface area contributed by atoms with E-state index in [1.165, 1.54) is 12.4 Å². The molecule has 0 bridgehead atoms. The van der Waals surface area contributed by atoms with Crippen molar-refractivity contribution in [3.8, 4) is 23.2 Å². The summed E-state index contributed by atoms with van der Waals surface area (Å²) in [4.78, 5) is 20.1. The van der Waals surface area contributed by atoms with Crippen LogP contribution in [0.2, 0.25) is 0 Å². The lowest BCUT2D eigenvalue weighted by atomic mass is 10.4. The minimum Gasteiger partial charge on any atom is -0.382 e. The molecule has 2 N–H and O–H groups in total. The highest BCUT2D eigenvalue weighted by molar-refractivity contribution is 5.62. The highest BCUT2D eigenvalue weighted by Gasteiger charge is 2.15. The van der Waals surface area contributed by atoms with Gasteiger partial charge in [-0.05, 0) is 6.07 Å². The van der Waals surface area contributed by atoms with Gasteiger partial charge in [-0.1, -0.05) is 5.16 Å². The fourth-order valence-corrected chi connectivity index (χ4v) is 1.34.